The standard InChI is InChI=1S/C23H28FN5O3/c1-13(2)19(28-21(30)14(3)25-4)23(32)29-18(12-15-6-5-11-26-20(15)29)22(31)27-17-9-7-16(24)8-10-17/h5-11,13-14,18-19,25H,12H2,1-4H3,(H,27,31)(H,28,30). The van der Waals surface area contributed by atoms with Crippen LogP contribution in [0, 0.1) is 11.7 Å². The summed E-state index contributed by atoms with van der Waals surface area (Å²) in [5.41, 5.74) is 1.18. The zero-order valence-corrected chi connectivity index (χ0v) is 18.6. The summed E-state index contributed by atoms with van der Waals surface area (Å²) in [4.78, 5) is 44.9. The molecule has 2 aromatic rings. The topological polar surface area (TPSA) is 103 Å². The van der Waals surface area contributed by atoms with Crippen molar-refractivity contribution in [2.45, 2.75) is 45.3 Å². The smallest absolute Gasteiger partial charge is 0.251 e. The van der Waals surface area contributed by atoms with Crippen molar-refractivity contribution < 1.29 is 18.8 Å². The Morgan fingerprint density at radius 3 is 2.44 bits per heavy atom. The van der Waals surface area contributed by atoms with Gasteiger partial charge in [-0.3, -0.25) is 19.3 Å². The molecule has 1 aliphatic heterocycles. The second-order valence-corrected chi connectivity index (χ2v) is 8.15. The van der Waals surface area contributed by atoms with Crippen LogP contribution in [-0.4, -0.2) is 47.9 Å². The van der Waals surface area contributed by atoms with Gasteiger partial charge in [0, 0.05) is 18.3 Å². The molecular weight excluding hydrogens is 413 g/mol. The quantitative estimate of drug-likeness (QED) is 0.609. The van der Waals surface area contributed by atoms with Gasteiger partial charge in [0.15, 0.2) is 0 Å². The molecule has 0 aliphatic carbocycles. The van der Waals surface area contributed by atoms with Crippen LogP contribution >= 0.6 is 0 Å². The molecular formula is C23H28FN5O3. The van der Waals surface area contributed by atoms with E-state index in [1.54, 1.807) is 26.2 Å². The molecule has 3 N–H and O–H groups in total. The number of nitrogens with one attached hydrogen (secondary N) is 3. The first-order valence-corrected chi connectivity index (χ1v) is 10.5. The highest BCUT2D eigenvalue weighted by Crippen LogP contribution is 2.32. The third-order valence-electron chi connectivity index (χ3n) is 5.53. The minimum absolute atomic E-state index is 0.218. The second kappa shape index (κ2) is 9.86. The summed E-state index contributed by atoms with van der Waals surface area (Å²) >= 11 is 0. The van der Waals surface area contributed by atoms with E-state index in [0.29, 0.717) is 11.5 Å². The van der Waals surface area contributed by atoms with E-state index in [1.165, 1.54) is 29.2 Å². The van der Waals surface area contributed by atoms with Crippen LogP contribution < -0.4 is 20.9 Å². The highest BCUT2D eigenvalue weighted by molar-refractivity contribution is 6.09. The van der Waals surface area contributed by atoms with E-state index in [4.69, 9.17) is 0 Å². The fourth-order valence-corrected chi connectivity index (χ4v) is 3.55. The SMILES string of the molecule is CNC(C)C(=O)NC(C(=O)N1c2ncccc2CC1C(=O)Nc1ccc(F)cc1)C(C)C. The summed E-state index contributed by atoms with van der Waals surface area (Å²) in [7, 11) is 1.66. The maximum Gasteiger partial charge on any atom is 0.251 e. The van der Waals surface area contributed by atoms with Gasteiger partial charge < -0.3 is 16.0 Å². The number of benzene rings is 1. The Hall–Kier alpha value is -3.33. The van der Waals surface area contributed by atoms with Crippen LogP contribution in [0.5, 0.6) is 0 Å². The number of halogens is 1. The molecule has 1 aromatic heterocycles. The van der Waals surface area contributed by atoms with Crippen molar-refractivity contribution in [3.05, 3.63) is 54.0 Å². The third-order valence-corrected chi connectivity index (χ3v) is 5.53. The van der Waals surface area contributed by atoms with Crippen molar-refractivity contribution in [2.24, 2.45) is 5.92 Å². The zero-order chi connectivity index (χ0) is 23.4. The molecule has 3 rings (SSSR count). The van der Waals surface area contributed by atoms with Crippen molar-refractivity contribution in [3.63, 3.8) is 0 Å². The average Bonchev–Trinajstić information content (AvgIpc) is 3.17. The van der Waals surface area contributed by atoms with Crippen molar-refractivity contribution >= 4 is 29.2 Å². The number of pyridine rings is 1. The molecule has 3 atom stereocenters. The molecule has 8 nitrogen and oxygen atoms in total. The first-order valence-electron chi connectivity index (χ1n) is 10.5. The lowest BCUT2D eigenvalue weighted by atomic mass is 10.0. The number of hydrogen-bond donors (Lipinski definition) is 3. The van der Waals surface area contributed by atoms with E-state index in [9.17, 15) is 18.8 Å². The summed E-state index contributed by atoms with van der Waals surface area (Å²) in [6.45, 7) is 5.36. The van der Waals surface area contributed by atoms with Gasteiger partial charge in [0.05, 0.1) is 6.04 Å². The molecule has 0 radical (unpaired) electrons. The molecule has 1 aromatic carbocycles. The number of rotatable bonds is 7. The molecule has 3 amide bonds. The van der Waals surface area contributed by atoms with Gasteiger partial charge in [0.25, 0.3) is 5.91 Å². The molecule has 1 aliphatic rings. The van der Waals surface area contributed by atoms with Crippen LogP contribution in [0.2, 0.25) is 0 Å². The second-order valence-electron chi connectivity index (χ2n) is 8.15. The first kappa shape index (κ1) is 23.3. The summed E-state index contributed by atoms with van der Waals surface area (Å²) in [6.07, 6.45) is 1.85. The van der Waals surface area contributed by atoms with E-state index in [-0.39, 0.29) is 18.2 Å². The van der Waals surface area contributed by atoms with Crippen LogP contribution in [0.25, 0.3) is 0 Å². The molecule has 0 saturated carbocycles. The van der Waals surface area contributed by atoms with Crippen molar-refractivity contribution in [1.29, 1.82) is 0 Å². The monoisotopic (exact) mass is 441 g/mol. The predicted molar refractivity (Wildman–Crippen MR) is 120 cm³/mol. The Bertz CT molecular complexity index is 995. The molecule has 0 fully saturated rings. The number of aromatic nitrogens is 1. The lowest BCUT2D eigenvalue weighted by molar-refractivity contribution is -0.130. The van der Waals surface area contributed by atoms with Gasteiger partial charge >= 0.3 is 0 Å². The van der Waals surface area contributed by atoms with Crippen molar-refractivity contribution in [2.75, 3.05) is 17.3 Å². The van der Waals surface area contributed by atoms with E-state index in [2.05, 4.69) is 20.9 Å². The normalized spacial score (nSPS) is 16.9. The molecule has 0 spiro atoms. The summed E-state index contributed by atoms with van der Waals surface area (Å²) in [6, 6.07) is 6.80. The molecule has 170 valence electrons. The Kier molecular flexibility index (Phi) is 7.19. The molecule has 2 heterocycles. The van der Waals surface area contributed by atoms with Crippen molar-refractivity contribution in [3.8, 4) is 0 Å². The average molecular weight is 442 g/mol. The van der Waals surface area contributed by atoms with Gasteiger partial charge in [-0.2, -0.15) is 0 Å². The number of fused-ring (bicyclic) bond motifs is 1. The van der Waals surface area contributed by atoms with Gasteiger partial charge in [0.1, 0.15) is 23.7 Å². The van der Waals surface area contributed by atoms with Crippen LogP contribution in [0.3, 0.4) is 0 Å². The molecule has 0 saturated heterocycles. The highest BCUT2D eigenvalue weighted by atomic mass is 19.1. The summed E-state index contributed by atoms with van der Waals surface area (Å²) < 4.78 is 13.2. The lowest BCUT2D eigenvalue weighted by Gasteiger charge is -2.31. The van der Waals surface area contributed by atoms with Gasteiger partial charge in [-0.25, -0.2) is 9.37 Å². The van der Waals surface area contributed by atoms with Crippen LogP contribution in [0.4, 0.5) is 15.9 Å². The number of hydrogen-bond acceptors (Lipinski definition) is 5. The van der Waals surface area contributed by atoms with E-state index >= 15 is 0 Å². The third kappa shape index (κ3) is 4.94. The number of carbonyl (C=O) groups is 3. The Morgan fingerprint density at radius 2 is 1.81 bits per heavy atom. The Morgan fingerprint density at radius 1 is 1.12 bits per heavy atom. The van der Waals surface area contributed by atoms with Gasteiger partial charge in [0.2, 0.25) is 11.8 Å². The zero-order valence-electron chi connectivity index (χ0n) is 18.6. The van der Waals surface area contributed by atoms with E-state index in [0.717, 1.165) is 5.56 Å². The van der Waals surface area contributed by atoms with Crippen LogP contribution in [0.15, 0.2) is 42.6 Å². The molecule has 9 heteroatoms. The molecule has 0 bridgehead atoms. The number of likely N-dealkylation sites (N-methyl/N-ethyl adjacent to an activating group) is 1. The molecule has 3 unspecified atom stereocenters. The van der Waals surface area contributed by atoms with E-state index in [1.807, 2.05) is 19.9 Å². The van der Waals surface area contributed by atoms with Crippen molar-refractivity contribution in [1.82, 2.24) is 15.6 Å². The number of anilines is 2. The minimum atomic E-state index is -0.850. The van der Waals surface area contributed by atoms with Gasteiger partial charge in [-0.1, -0.05) is 19.9 Å². The summed E-state index contributed by atoms with van der Waals surface area (Å²) in [5, 5.41) is 8.39. The lowest BCUT2D eigenvalue weighted by Crippen LogP contribution is -2.57. The molecule has 32 heavy (non-hydrogen) atoms. The largest absolute Gasteiger partial charge is 0.343 e. The number of carbonyl (C=O) groups excluding carboxylic acids is 3. The number of amides is 3. The van der Waals surface area contributed by atoms with Gasteiger partial charge in [-0.05, 0) is 55.8 Å². The Labute approximate surface area is 186 Å². The van der Waals surface area contributed by atoms with E-state index < -0.39 is 35.8 Å². The first-order chi connectivity index (χ1) is 15.2. The van der Waals surface area contributed by atoms with Gasteiger partial charge in [-0.15, -0.1) is 0 Å². The summed E-state index contributed by atoms with van der Waals surface area (Å²) in [5.74, 6) is -1.37. The van der Waals surface area contributed by atoms with Crippen LogP contribution in [0.1, 0.15) is 26.3 Å². The highest BCUT2D eigenvalue weighted by Gasteiger charge is 2.43. The fourth-order valence-electron chi connectivity index (χ4n) is 3.55. The number of nitrogens with zero attached hydrogens (tertiary/aromatic N) is 2. The predicted octanol–water partition coefficient (Wildman–Crippen LogP) is 1.87. The van der Waals surface area contributed by atoms with Crippen LogP contribution in [-0.2, 0) is 20.8 Å². The Balaban J connectivity index is 1.89. The fraction of sp³-hybridized carbons (Fsp3) is 0.391. The maximum atomic E-state index is 13.6. The maximum absolute atomic E-state index is 13.6. The minimum Gasteiger partial charge on any atom is -0.343 e.